The Morgan fingerprint density at radius 1 is 1.10 bits per heavy atom. The van der Waals surface area contributed by atoms with Crippen molar-refractivity contribution >= 4 is 11.8 Å². The van der Waals surface area contributed by atoms with Gasteiger partial charge in [-0.25, -0.2) is 0 Å². The van der Waals surface area contributed by atoms with Crippen molar-refractivity contribution < 1.29 is 14.2 Å². The van der Waals surface area contributed by atoms with Crippen LogP contribution >= 0.6 is 11.8 Å². The van der Waals surface area contributed by atoms with Crippen LogP contribution < -0.4 is 4.74 Å². The molecule has 152 valence electrons. The second-order valence-corrected chi connectivity index (χ2v) is 7.80. The average Bonchev–Trinajstić information content (AvgIpc) is 3.20. The minimum absolute atomic E-state index is 0.183. The molecule has 0 unspecified atom stereocenters. The largest absolute Gasteiger partial charge is 0.496 e. The third-order valence-corrected chi connectivity index (χ3v) is 6.00. The van der Waals surface area contributed by atoms with Gasteiger partial charge in [0.2, 0.25) is 0 Å². The van der Waals surface area contributed by atoms with Gasteiger partial charge in [0.1, 0.15) is 12.5 Å². The lowest BCUT2D eigenvalue weighted by Gasteiger charge is -2.22. The van der Waals surface area contributed by atoms with Crippen molar-refractivity contribution in [1.82, 2.24) is 14.8 Å². The van der Waals surface area contributed by atoms with E-state index in [1.807, 2.05) is 30.3 Å². The highest BCUT2D eigenvalue weighted by atomic mass is 32.2. The number of para-hydroxylation sites is 1. The minimum atomic E-state index is 0.183. The predicted octanol–water partition coefficient (Wildman–Crippen LogP) is 4.05. The number of hydrogen-bond acceptors (Lipinski definition) is 6. The number of hydrogen-bond donors (Lipinski definition) is 0. The Kier molecular flexibility index (Phi) is 6.82. The van der Waals surface area contributed by atoms with E-state index >= 15 is 0 Å². The van der Waals surface area contributed by atoms with Crippen LogP contribution in [-0.4, -0.2) is 47.1 Å². The number of ether oxygens (including phenoxy) is 3. The van der Waals surface area contributed by atoms with Crippen LogP contribution in [-0.2, 0) is 22.4 Å². The van der Waals surface area contributed by atoms with E-state index in [0.29, 0.717) is 6.79 Å². The van der Waals surface area contributed by atoms with Crippen molar-refractivity contribution in [2.24, 2.45) is 0 Å². The molecule has 2 heterocycles. The first-order chi connectivity index (χ1) is 14.3. The van der Waals surface area contributed by atoms with Gasteiger partial charge in [0, 0.05) is 12.3 Å². The maximum absolute atomic E-state index is 5.68. The van der Waals surface area contributed by atoms with E-state index in [9.17, 15) is 0 Å². The van der Waals surface area contributed by atoms with Gasteiger partial charge in [-0.3, -0.25) is 0 Å². The van der Waals surface area contributed by atoms with Gasteiger partial charge < -0.3 is 18.8 Å². The Hall–Kier alpha value is -2.35. The standard InChI is InChI=1S/C22H25N3O3S/c1-26-20-10-6-5-9-19(20)21-23-24-22(29-15-18-12-14-27-16-28-18)25(21)13-11-17-7-3-2-4-8-17/h2-10,18H,11-16H2,1H3/t18-/m0/s1. The lowest BCUT2D eigenvalue weighted by atomic mass is 10.1. The molecule has 0 amide bonds. The van der Waals surface area contributed by atoms with E-state index in [0.717, 1.165) is 54.0 Å². The van der Waals surface area contributed by atoms with Gasteiger partial charge in [-0.15, -0.1) is 10.2 Å². The Morgan fingerprint density at radius 2 is 1.93 bits per heavy atom. The highest BCUT2D eigenvalue weighted by molar-refractivity contribution is 7.99. The smallest absolute Gasteiger partial charge is 0.191 e. The maximum atomic E-state index is 5.68. The Bertz CT molecular complexity index is 911. The highest BCUT2D eigenvalue weighted by Crippen LogP contribution is 2.31. The fourth-order valence-electron chi connectivity index (χ4n) is 3.31. The Labute approximate surface area is 175 Å². The van der Waals surface area contributed by atoms with Crippen molar-refractivity contribution in [3.05, 3.63) is 60.2 Å². The van der Waals surface area contributed by atoms with Crippen molar-refractivity contribution in [1.29, 1.82) is 0 Å². The minimum Gasteiger partial charge on any atom is -0.496 e. The summed E-state index contributed by atoms with van der Waals surface area (Å²) in [5.74, 6) is 2.46. The van der Waals surface area contributed by atoms with Crippen LogP contribution in [0.25, 0.3) is 11.4 Å². The molecule has 1 aliphatic heterocycles. The fourth-order valence-corrected chi connectivity index (χ4v) is 4.34. The van der Waals surface area contributed by atoms with Crippen LogP contribution in [0.15, 0.2) is 59.8 Å². The van der Waals surface area contributed by atoms with Gasteiger partial charge in [-0.2, -0.15) is 0 Å². The lowest BCUT2D eigenvalue weighted by Crippen LogP contribution is -2.25. The molecule has 1 aliphatic rings. The van der Waals surface area contributed by atoms with Crippen LogP contribution in [0.5, 0.6) is 5.75 Å². The second-order valence-electron chi connectivity index (χ2n) is 6.81. The molecule has 1 atom stereocenters. The SMILES string of the molecule is COc1ccccc1-c1nnc(SC[C@@H]2CCOCO2)n1CCc1ccccc1. The number of aromatic nitrogens is 3. The van der Waals surface area contributed by atoms with Gasteiger partial charge in [-0.05, 0) is 30.5 Å². The number of rotatable bonds is 8. The molecule has 0 radical (unpaired) electrons. The summed E-state index contributed by atoms with van der Waals surface area (Å²) in [6, 6.07) is 18.4. The molecule has 6 nitrogen and oxygen atoms in total. The van der Waals surface area contributed by atoms with E-state index in [1.54, 1.807) is 18.9 Å². The second kappa shape index (κ2) is 9.91. The molecule has 2 aromatic carbocycles. The third-order valence-electron chi connectivity index (χ3n) is 4.90. The topological polar surface area (TPSA) is 58.4 Å². The number of thioether (sulfide) groups is 1. The van der Waals surface area contributed by atoms with Gasteiger partial charge in [0.05, 0.1) is 25.4 Å². The summed E-state index contributed by atoms with van der Waals surface area (Å²) in [5, 5.41) is 9.92. The monoisotopic (exact) mass is 411 g/mol. The number of benzene rings is 2. The summed E-state index contributed by atoms with van der Waals surface area (Å²) in [4.78, 5) is 0. The first-order valence-corrected chi connectivity index (χ1v) is 10.8. The Morgan fingerprint density at radius 3 is 2.72 bits per heavy atom. The molecule has 7 heteroatoms. The summed E-state index contributed by atoms with van der Waals surface area (Å²) in [5.41, 5.74) is 2.24. The quantitative estimate of drug-likeness (QED) is 0.521. The number of aryl methyl sites for hydroxylation is 1. The van der Waals surface area contributed by atoms with E-state index in [2.05, 4.69) is 39.0 Å². The van der Waals surface area contributed by atoms with Gasteiger partial charge in [0.25, 0.3) is 0 Å². The molecule has 0 aliphatic carbocycles. The lowest BCUT2D eigenvalue weighted by molar-refractivity contribution is -0.130. The first kappa shape index (κ1) is 19.9. The predicted molar refractivity (Wildman–Crippen MR) is 113 cm³/mol. The molecule has 0 bridgehead atoms. The molecule has 4 rings (SSSR count). The molecule has 0 N–H and O–H groups in total. The summed E-state index contributed by atoms with van der Waals surface area (Å²) < 4.78 is 18.7. The maximum Gasteiger partial charge on any atom is 0.191 e. The van der Waals surface area contributed by atoms with Gasteiger partial charge >= 0.3 is 0 Å². The van der Waals surface area contributed by atoms with Crippen molar-refractivity contribution in [2.75, 3.05) is 26.3 Å². The van der Waals surface area contributed by atoms with E-state index < -0.39 is 0 Å². The first-order valence-electron chi connectivity index (χ1n) is 9.78. The van der Waals surface area contributed by atoms with Crippen LogP contribution in [0.2, 0.25) is 0 Å². The van der Waals surface area contributed by atoms with Crippen molar-refractivity contribution in [3.63, 3.8) is 0 Å². The number of methoxy groups -OCH3 is 1. The molecule has 0 saturated carbocycles. The molecule has 1 aromatic heterocycles. The zero-order chi connectivity index (χ0) is 19.9. The van der Waals surface area contributed by atoms with E-state index in [-0.39, 0.29) is 6.10 Å². The number of nitrogens with zero attached hydrogens (tertiary/aromatic N) is 3. The molecule has 1 saturated heterocycles. The molecule has 1 fully saturated rings. The van der Waals surface area contributed by atoms with E-state index in [1.165, 1.54) is 5.56 Å². The fraction of sp³-hybridized carbons (Fsp3) is 0.364. The Balaban J connectivity index is 1.59. The molecular formula is C22H25N3O3S. The average molecular weight is 412 g/mol. The molecule has 0 spiro atoms. The highest BCUT2D eigenvalue weighted by Gasteiger charge is 2.20. The molecular weight excluding hydrogens is 386 g/mol. The zero-order valence-corrected chi connectivity index (χ0v) is 17.3. The van der Waals surface area contributed by atoms with Crippen LogP contribution in [0.4, 0.5) is 0 Å². The van der Waals surface area contributed by atoms with Crippen LogP contribution in [0, 0.1) is 0 Å². The van der Waals surface area contributed by atoms with Crippen molar-refractivity contribution in [3.8, 4) is 17.1 Å². The molecule has 3 aromatic rings. The van der Waals surface area contributed by atoms with Gasteiger partial charge in [0.15, 0.2) is 11.0 Å². The molecule has 29 heavy (non-hydrogen) atoms. The zero-order valence-electron chi connectivity index (χ0n) is 16.5. The summed E-state index contributed by atoms with van der Waals surface area (Å²) in [6.45, 7) is 1.91. The summed E-state index contributed by atoms with van der Waals surface area (Å²) in [7, 11) is 1.68. The summed E-state index contributed by atoms with van der Waals surface area (Å²) >= 11 is 1.69. The van der Waals surface area contributed by atoms with Crippen molar-refractivity contribution in [2.45, 2.75) is 30.6 Å². The van der Waals surface area contributed by atoms with Crippen LogP contribution in [0.1, 0.15) is 12.0 Å². The van der Waals surface area contributed by atoms with Crippen LogP contribution in [0.3, 0.4) is 0 Å². The third kappa shape index (κ3) is 4.98. The summed E-state index contributed by atoms with van der Waals surface area (Å²) in [6.07, 6.45) is 2.00. The normalized spacial score (nSPS) is 16.7. The van der Waals surface area contributed by atoms with Gasteiger partial charge in [-0.1, -0.05) is 54.2 Å². The van der Waals surface area contributed by atoms with E-state index in [4.69, 9.17) is 14.2 Å².